The van der Waals surface area contributed by atoms with E-state index in [9.17, 15) is 4.79 Å². The molecule has 1 amide bonds. The lowest BCUT2D eigenvalue weighted by atomic mass is 10.0. The van der Waals surface area contributed by atoms with Gasteiger partial charge in [0.2, 0.25) is 5.91 Å². The number of halogens is 3. The Balaban J connectivity index is 1.34. The molecule has 12 heteroatoms. The number of nitrogens with zero attached hydrogens (tertiary/aromatic N) is 2. The first-order chi connectivity index (χ1) is 21.9. The number of amides is 1. The summed E-state index contributed by atoms with van der Waals surface area (Å²) in [6.45, 7) is 2.03. The highest BCUT2D eigenvalue weighted by molar-refractivity contribution is 6.39. The van der Waals surface area contributed by atoms with Crippen LogP contribution in [0.4, 0.5) is 15.9 Å². The van der Waals surface area contributed by atoms with Gasteiger partial charge in [0, 0.05) is 66.7 Å². The number of rotatable bonds is 14. The van der Waals surface area contributed by atoms with Crippen molar-refractivity contribution >= 4 is 40.6 Å². The van der Waals surface area contributed by atoms with Crippen molar-refractivity contribution in [2.24, 2.45) is 0 Å². The Labute approximate surface area is 271 Å². The molecule has 1 aliphatic rings. The van der Waals surface area contributed by atoms with Crippen molar-refractivity contribution in [1.29, 1.82) is 0 Å². The first kappa shape index (κ1) is 32.6. The molecule has 2 aromatic carbocycles. The number of benzene rings is 2. The molecule has 2 aromatic heterocycles. The smallest absolute Gasteiger partial charge is 0.220 e. The number of hydrogen-bond acceptors (Lipinski definition) is 8. The fraction of sp³-hybridized carbons (Fsp3) is 0.303. The molecule has 0 aliphatic carbocycles. The SMILES string of the molecule is COc1cc(-c2nccc(-c3cccc(Nc4nccc(CNCCO)c4F)c3Cl)c2Cl)ccc1CCNCC1CCC(=O)N1. The molecule has 236 valence electrons. The van der Waals surface area contributed by atoms with Gasteiger partial charge in [0.05, 0.1) is 35.1 Å². The molecular formula is C33H35Cl2FN6O3. The molecule has 1 atom stereocenters. The molecule has 0 bridgehead atoms. The number of carbonyl (C=O) groups excluding carboxylic acids is 1. The van der Waals surface area contributed by atoms with Crippen LogP contribution in [0.2, 0.25) is 10.0 Å². The zero-order valence-corrected chi connectivity index (χ0v) is 26.3. The second-order valence-corrected chi connectivity index (χ2v) is 11.4. The first-order valence-electron chi connectivity index (χ1n) is 14.7. The largest absolute Gasteiger partial charge is 0.496 e. The fourth-order valence-electron chi connectivity index (χ4n) is 5.25. The molecular weight excluding hydrogens is 618 g/mol. The molecule has 1 saturated heterocycles. The quantitative estimate of drug-likeness (QED) is 0.113. The van der Waals surface area contributed by atoms with Crippen LogP contribution >= 0.6 is 23.2 Å². The number of nitrogens with one attached hydrogen (secondary N) is 4. The van der Waals surface area contributed by atoms with Gasteiger partial charge >= 0.3 is 0 Å². The molecule has 45 heavy (non-hydrogen) atoms. The highest BCUT2D eigenvalue weighted by Crippen LogP contribution is 2.41. The Morgan fingerprint density at radius 3 is 2.62 bits per heavy atom. The summed E-state index contributed by atoms with van der Waals surface area (Å²) >= 11 is 13.8. The van der Waals surface area contributed by atoms with Gasteiger partial charge in [0.25, 0.3) is 0 Å². The number of hydrogen-bond donors (Lipinski definition) is 5. The summed E-state index contributed by atoms with van der Waals surface area (Å²) in [5.41, 5.74) is 4.57. The zero-order chi connectivity index (χ0) is 31.8. The minimum atomic E-state index is -0.510. The fourth-order valence-corrected chi connectivity index (χ4v) is 5.85. The molecule has 5 rings (SSSR count). The van der Waals surface area contributed by atoms with E-state index in [0.717, 1.165) is 42.8 Å². The third kappa shape index (κ3) is 7.89. The number of anilines is 2. The van der Waals surface area contributed by atoms with E-state index in [1.165, 1.54) is 6.20 Å². The second kappa shape index (κ2) is 15.5. The van der Waals surface area contributed by atoms with E-state index in [2.05, 4.69) is 31.2 Å². The van der Waals surface area contributed by atoms with Gasteiger partial charge in [-0.15, -0.1) is 0 Å². The van der Waals surface area contributed by atoms with Gasteiger partial charge in [-0.3, -0.25) is 9.78 Å². The maximum absolute atomic E-state index is 15.2. The Kier molecular flexibility index (Phi) is 11.2. The van der Waals surface area contributed by atoms with Gasteiger partial charge in [0.1, 0.15) is 5.75 Å². The molecule has 3 heterocycles. The molecule has 4 aromatic rings. The number of pyridine rings is 2. The maximum atomic E-state index is 15.2. The van der Waals surface area contributed by atoms with E-state index < -0.39 is 5.82 Å². The lowest BCUT2D eigenvalue weighted by Gasteiger charge is -2.16. The van der Waals surface area contributed by atoms with Gasteiger partial charge in [-0.05, 0) is 49.2 Å². The van der Waals surface area contributed by atoms with E-state index in [0.29, 0.717) is 51.1 Å². The van der Waals surface area contributed by atoms with Crippen molar-refractivity contribution in [3.63, 3.8) is 0 Å². The Hall–Kier alpha value is -3.80. The minimum absolute atomic E-state index is 0.0338. The number of methoxy groups -OCH3 is 1. The predicted molar refractivity (Wildman–Crippen MR) is 176 cm³/mol. The summed E-state index contributed by atoms with van der Waals surface area (Å²) in [5.74, 6) is 0.357. The van der Waals surface area contributed by atoms with Crippen LogP contribution < -0.4 is 26.0 Å². The van der Waals surface area contributed by atoms with Crippen molar-refractivity contribution in [1.82, 2.24) is 25.9 Å². The Morgan fingerprint density at radius 1 is 1.02 bits per heavy atom. The predicted octanol–water partition coefficient (Wildman–Crippen LogP) is 5.50. The molecule has 1 fully saturated rings. The number of ether oxygens (including phenoxy) is 1. The van der Waals surface area contributed by atoms with E-state index in [1.54, 1.807) is 37.6 Å². The highest BCUT2D eigenvalue weighted by atomic mass is 35.5. The van der Waals surface area contributed by atoms with Crippen molar-refractivity contribution in [3.05, 3.63) is 87.9 Å². The molecule has 1 aliphatic heterocycles. The third-order valence-corrected chi connectivity index (χ3v) is 8.40. The highest BCUT2D eigenvalue weighted by Gasteiger charge is 2.20. The Bertz CT molecular complexity index is 1660. The average Bonchev–Trinajstić information content (AvgIpc) is 3.47. The van der Waals surface area contributed by atoms with Crippen LogP contribution in [0.25, 0.3) is 22.4 Å². The van der Waals surface area contributed by atoms with Gasteiger partial charge in [-0.2, -0.15) is 0 Å². The average molecular weight is 654 g/mol. The summed E-state index contributed by atoms with van der Waals surface area (Å²) in [6.07, 6.45) is 5.38. The van der Waals surface area contributed by atoms with Gasteiger partial charge in [0.15, 0.2) is 11.6 Å². The molecule has 0 radical (unpaired) electrons. The number of aliphatic hydroxyl groups excluding tert-OH is 1. The third-order valence-electron chi connectivity index (χ3n) is 7.61. The minimum Gasteiger partial charge on any atom is -0.496 e. The lowest BCUT2D eigenvalue weighted by Crippen LogP contribution is -2.36. The van der Waals surface area contributed by atoms with Gasteiger partial charge in [-0.1, -0.05) is 47.5 Å². The summed E-state index contributed by atoms with van der Waals surface area (Å²) in [4.78, 5) is 20.1. The van der Waals surface area contributed by atoms with Crippen LogP contribution in [0.1, 0.15) is 24.0 Å². The maximum Gasteiger partial charge on any atom is 0.220 e. The lowest BCUT2D eigenvalue weighted by molar-refractivity contribution is -0.119. The van der Waals surface area contributed by atoms with Crippen LogP contribution in [-0.2, 0) is 17.8 Å². The number of carbonyl (C=O) groups is 1. The van der Waals surface area contributed by atoms with Crippen molar-refractivity contribution in [3.8, 4) is 28.1 Å². The zero-order valence-electron chi connectivity index (χ0n) is 24.8. The Morgan fingerprint density at radius 2 is 1.84 bits per heavy atom. The molecule has 0 saturated carbocycles. The molecule has 1 unspecified atom stereocenters. The van der Waals surface area contributed by atoms with E-state index in [1.807, 2.05) is 24.3 Å². The van der Waals surface area contributed by atoms with Gasteiger partial charge in [-0.25, -0.2) is 9.37 Å². The number of aromatic nitrogens is 2. The second-order valence-electron chi connectivity index (χ2n) is 10.6. The normalized spacial score (nSPS) is 14.4. The summed E-state index contributed by atoms with van der Waals surface area (Å²) in [7, 11) is 1.63. The van der Waals surface area contributed by atoms with Crippen LogP contribution in [0.3, 0.4) is 0 Å². The van der Waals surface area contributed by atoms with E-state index in [4.69, 9.17) is 33.0 Å². The van der Waals surface area contributed by atoms with Crippen molar-refractivity contribution < 1.29 is 19.0 Å². The van der Waals surface area contributed by atoms with Crippen LogP contribution in [0, 0.1) is 5.82 Å². The summed E-state index contributed by atoms with van der Waals surface area (Å²) in [5, 5.41) is 22.1. The van der Waals surface area contributed by atoms with Crippen molar-refractivity contribution in [2.45, 2.75) is 31.8 Å². The topological polar surface area (TPSA) is 120 Å². The van der Waals surface area contributed by atoms with Gasteiger partial charge < -0.3 is 31.1 Å². The van der Waals surface area contributed by atoms with Crippen molar-refractivity contribution in [2.75, 3.05) is 38.7 Å². The molecule has 9 nitrogen and oxygen atoms in total. The number of aliphatic hydroxyl groups is 1. The molecule has 5 N–H and O–H groups in total. The summed E-state index contributed by atoms with van der Waals surface area (Å²) < 4.78 is 20.9. The van der Waals surface area contributed by atoms with Crippen LogP contribution in [0.5, 0.6) is 5.75 Å². The van der Waals surface area contributed by atoms with E-state index >= 15 is 4.39 Å². The molecule has 0 spiro atoms. The monoisotopic (exact) mass is 652 g/mol. The summed E-state index contributed by atoms with van der Waals surface area (Å²) in [6, 6.07) is 14.8. The van der Waals surface area contributed by atoms with Crippen LogP contribution in [0.15, 0.2) is 60.9 Å². The first-order valence-corrected chi connectivity index (χ1v) is 15.5. The standard InChI is InChI=1S/C33H35Cl2FN6O3/c1-45-27-17-21(6-5-20(27)9-12-37-19-23-7-8-28(44)41-23)32-30(35)25(11-14-39-32)24-3-2-4-26(29(24)34)42-33-31(36)22(10-13-40-33)18-38-15-16-43/h2-6,10-11,13-14,17,23,37-38,43H,7-9,12,15-16,18-19H2,1H3,(H,40,42)(H,41,44). The van der Waals surface area contributed by atoms with E-state index in [-0.39, 0.29) is 30.9 Å². The van der Waals surface area contributed by atoms with Crippen LogP contribution in [-0.4, -0.2) is 60.4 Å².